The van der Waals surface area contributed by atoms with Gasteiger partial charge in [0.05, 0.1) is 13.1 Å². The Bertz CT molecular complexity index is 485. The Labute approximate surface area is 102 Å². The highest BCUT2D eigenvalue weighted by Crippen LogP contribution is 2.13. The second-order valence-electron chi connectivity index (χ2n) is 3.43. The van der Waals surface area contributed by atoms with Gasteiger partial charge in [-0.2, -0.15) is 4.72 Å². The van der Waals surface area contributed by atoms with Crippen LogP contribution in [0.3, 0.4) is 0 Å². The Hall–Kier alpha value is -1.29. The van der Waals surface area contributed by atoms with Crippen LogP contribution in [0.2, 0.25) is 0 Å². The van der Waals surface area contributed by atoms with Crippen LogP contribution >= 0.6 is 0 Å². The molecule has 0 aliphatic carbocycles. The summed E-state index contributed by atoms with van der Waals surface area (Å²) in [7, 11) is -3.62. The van der Waals surface area contributed by atoms with E-state index in [0.29, 0.717) is 12.3 Å². The number of rotatable bonds is 7. The minimum atomic E-state index is -3.62. The summed E-state index contributed by atoms with van der Waals surface area (Å²) in [5.74, 6) is 2.78. The molecule has 0 amide bonds. The molecule has 0 spiro atoms. The van der Waals surface area contributed by atoms with E-state index in [9.17, 15) is 8.42 Å². The van der Waals surface area contributed by atoms with Crippen molar-refractivity contribution in [2.24, 2.45) is 0 Å². The zero-order valence-corrected chi connectivity index (χ0v) is 10.5. The van der Waals surface area contributed by atoms with Gasteiger partial charge in [0, 0.05) is 0 Å². The van der Waals surface area contributed by atoms with Crippen molar-refractivity contribution in [3.63, 3.8) is 0 Å². The maximum atomic E-state index is 11.6. The molecular weight excluding hydrogens is 240 g/mol. The summed E-state index contributed by atoms with van der Waals surface area (Å²) in [4.78, 5) is 0. The van der Waals surface area contributed by atoms with E-state index in [-0.39, 0.29) is 11.6 Å². The fourth-order valence-electron chi connectivity index (χ4n) is 1.19. The Kier molecular flexibility index (Phi) is 5.22. The number of furan rings is 1. The van der Waals surface area contributed by atoms with E-state index in [4.69, 9.17) is 10.8 Å². The second-order valence-corrected chi connectivity index (χ2v) is 5.12. The fraction of sp³-hybridized carbons (Fsp3) is 0.455. The summed E-state index contributed by atoms with van der Waals surface area (Å²) in [5, 5.41) is 3.01. The molecule has 17 heavy (non-hydrogen) atoms. The van der Waals surface area contributed by atoms with Crippen molar-refractivity contribution in [1.29, 1.82) is 0 Å². The van der Waals surface area contributed by atoms with E-state index in [1.807, 2.05) is 0 Å². The predicted molar refractivity (Wildman–Crippen MR) is 64.7 cm³/mol. The van der Waals surface area contributed by atoms with E-state index in [0.717, 1.165) is 13.0 Å². The van der Waals surface area contributed by atoms with Gasteiger partial charge in [-0.3, -0.25) is 0 Å². The first-order valence-corrected chi connectivity index (χ1v) is 6.81. The predicted octanol–water partition coefficient (Wildman–Crippen LogP) is 0.691. The van der Waals surface area contributed by atoms with Crippen LogP contribution in [0.15, 0.2) is 21.6 Å². The van der Waals surface area contributed by atoms with Crippen molar-refractivity contribution >= 4 is 10.0 Å². The Morgan fingerprint density at radius 1 is 1.47 bits per heavy atom. The quantitative estimate of drug-likeness (QED) is 0.556. The molecule has 0 aromatic carbocycles. The zero-order valence-electron chi connectivity index (χ0n) is 9.69. The van der Waals surface area contributed by atoms with Gasteiger partial charge >= 0.3 is 0 Å². The summed E-state index contributed by atoms with van der Waals surface area (Å²) in [6, 6.07) is 3.05. The lowest BCUT2D eigenvalue weighted by Gasteiger charge is -2.01. The molecule has 0 radical (unpaired) electrons. The van der Waals surface area contributed by atoms with E-state index in [1.165, 1.54) is 6.07 Å². The Balaban J connectivity index is 2.64. The summed E-state index contributed by atoms with van der Waals surface area (Å²) in [6.45, 7) is 3.37. The third kappa shape index (κ3) is 4.23. The topological polar surface area (TPSA) is 71.3 Å². The molecule has 0 aliphatic rings. The summed E-state index contributed by atoms with van der Waals surface area (Å²) < 4.78 is 30.7. The van der Waals surface area contributed by atoms with E-state index in [2.05, 4.69) is 22.9 Å². The minimum absolute atomic E-state index is 0.0492. The number of sulfonamides is 1. The number of nitrogens with one attached hydrogen (secondary N) is 2. The molecule has 0 saturated carbocycles. The van der Waals surface area contributed by atoms with Crippen molar-refractivity contribution < 1.29 is 12.8 Å². The lowest BCUT2D eigenvalue weighted by molar-refractivity contribution is 0.400. The van der Waals surface area contributed by atoms with Gasteiger partial charge in [-0.05, 0) is 25.1 Å². The van der Waals surface area contributed by atoms with E-state index < -0.39 is 10.0 Å². The molecule has 0 saturated heterocycles. The van der Waals surface area contributed by atoms with Crippen molar-refractivity contribution in [2.75, 3.05) is 13.1 Å². The Morgan fingerprint density at radius 2 is 2.24 bits per heavy atom. The molecule has 2 N–H and O–H groups in total. The SMILES string of the molecule is C#CCNS(=O)(=O)c1ccc(CNCCC)o1. The summed E-state index contributed by atoms with van der Waals surface area (Å²) >= 11 is 0. The maximum absolute atomic E-state index is 11.6. The molecular formula is C11H16N2O3S. The van der Waals surface area contributed by atoms with Gasteiger partial charge in [-0.25, -0.2) is 8.42 Å². The molecule has 1 aromatic heterocycles. The monoisotopic (exact) mass is 256 g/mol. The first kappa shape index (κ1) is 13.8. The highest BCUT2D eigenvalue weighted by Gasteiger charge is 2.17. The maximum Gasteiger partial charge on any atom is 0.274 e. The van der Waals surface area contributed by atoms with Crippen LogP contribution in [0, 0.1) is 12.3 Å². The second kappa shape index (κ2) is 6.45. The fourth-order valence-corrected chi connectivity index (χ4v) is 2.07. The molecule has 1 rings (SSSR count). The largest absolute Gasteiger partial charge is 0.447 e. The lowest BCUT2D eigenvalue weighted by atomic mass is 10.4. The van der Waals surface area contributed by atoms with Crippen molar-refractivity contribution in [3.8, 4) is 12.3 Å². The van der Waals surface area contributed by atoms with Gasteiger partial charge in [0.25, 0.3) is 10.0 Å². The highest BCUT2D eigenvalue weighted by molar-refractivity contribution is 7.89. The molecule has 0 aliphatic heterocycles. The molecule has 1 heterocycles. The third-order valence-corrected chi connectivity index (χ3v) is 3.27. The van der Waals surface area contributed by atoms with E-state index in [1.54, 1.807) is 6.07 Å². The van der Waals surface area contributed by atoms with Crippen LogP contribution in [0.5, 0.6) is 0 Å². The lowest BCUT2D eigenvalue weighted by Crippen LogP contribution is -2.23. The van der Waals surface area contributed by atoms with Crippen LogP contribution in [0.1, 0.15) is 19.1 Å². The van der Waals surface area contributed by atoms with Crippen LogP contribution in [0.25, 0.3) is 0 Å². The zero-order chi connectivity index (χ0) is 12.7. The van der Waals surface area contributed by atoms with Gasteiger partial charge in [0.15, 0.2) is 0 Å². The normalized spacial score (nSPS) is 11.3. The first-order chi connectivity index (χ1) is 8.10. The molecule has 1 aromatic rings. The minimum Gasteiger partial charge on any atom is -0.447 e. The smallest absolute Gasteiger partial charge is 0.274 e. The Morgan fingerprint density at radius 3 is 2.88 bits per heavy atom. The van der Waals surface area contributed by atoms with Crippen LogP contribution in [-0.2, 0) is 16.6 Å². The number of hydrogen-bond acceptors (Lipinski definition) is 4. The van der Waals surface area contributed by atoms with Gasteiger partial charge < -0.3 is 9.73 Å². The van der Waals surface area contributed by atoms with Gasteiger partial charge in [-0.15, -0.1) is 6.42 Å². The number of hydrogen-bond donors (Lipinski definition) is 2. The first-order valence-electron chi connectivity index (χ1n) is 5.32. The molecule has 0 atom stereocenters. The van der Waals surface area contributed by atoms with E-state index >= 15 is 0 Å². The molecule has 5 nitrogen and oxygen atoms in total. The van der Waals surface area contributed by atoms with Gasteiger partial charge in [-0.1, -0.05) is 12.8 Å². The molecule has 0 fully saturated rings. The van der Waals surface area contributed by atoms with Crippen LogP contribution in [-0.4, -0.2) is 21.5 Å². The third-order valence-electron chi connectivity index (χ3n) is 1.99. The van der Waals surface area contributed by atoms with Gasteiger partial charge in [0.1, 0.15) is 5.76 Å². The standard InChI is InChI=1S/C11H16N2O3S/c1-3-7-12-9-10-5-6-11(16-10)17(14,15)13-8-4-2/h2,5-6,12-13H,3,7-9H2,1H3. The van der Waals surface area contributed by atoms with Gasteiger partial charge in [0.2, 0.25) is 5.09 Å². The van der Waals surface area contributed by atoms with Crippen LogP contribution in [0.4, 0.5) is 0 Å². The molecule has 0 unspecified atom stereocenters. The molecule has 0 bridgehead atoms. The average Bonchev–Trinajstić information content (AvgIpc) is 2.76. The summed E-state index contributed by atoms with van der Waals surface area (Å²) in [5.41, 5.74) is 0. The molecule has 6 heteroatoms. The highest BCUT2D eigenvalue weighted by atomic mass is 32.2. The molecule has 94 valence electrons. The summed E-state index contributed by atoms with van der Waals surface area (Å²) in [6.07, 6.45) is 5.99. The van der Waals surface area contributed by atoms with Crippen LogP contribution < -0.4 is 10.0 Å². The average molecular weight is 256 g/mol. The van der Waals surface area contributed by atoms with Crippen molar-refractivity contribution in [3.05, 3.63) is 17.9 Å². The number of terminal acetylenes is 1. The van der Waals surface area contributed by atoms with Crippen molar-refractivity contribution in [2.45, 2.75) is 25.0 Å². The van der Waals surface area contributed by atoms with Crippen molar-refractivity contribution in [1.82, 2.24) is 10.0 Å².